The number of benzene rings is 2. The average Bonchev–Trinajstić information content (AvgIpc) is 3.52. The number of unbranched alkanes of at least 4 members (excludes halogenated alkanes) is 1. The van der Waals surface area contributed by atoms with E-state index in [1.165, 1.54) is 12.1 Å². The minimum absolute atomic E-state index is 0.00945. The lowest BCUT2D eigenvalue weighted by Crippen LogP contribution is -2.16. The molecular formula is C30H28ClFN6O. The van der Waals surface area contributed by atoms with E-state index < -0.39 is 0 Å². The Morgan fingerprint density at radius 3 is 2.77 bits per heavy atom. The SMILES string of the molecule is CCCCNc1nccc(-c2c(-c3ccc(F)cc3)nc3n2[C@H](COc2cc(Cl)c4ccccc4n2)CC3)n1. The number of nitrogens with one attached hydrogen (secondary N) is 1. The molecule has 198 valence electrons. The number of hydrogen-bond acceptors (Lipinski definition) is 6. The van der Waals surface area contributed by atoms with Crippen LogP contribution in [0, 0.1) is 5.82 Å². The van der Waals surface area contributed by atoms with Crippen LogP contribution in [-0.4, -0.2) is 37.7 Å². The Hall–Kier alpha value is -4.04. The van der Waals surface area contributed by atoms with E-state index in [1.54, 1.807) is 24.4 Å². The highest BCUT2D eigenvalue weighted by Gasteiger charge is 2.31. The standard InChI is InChI=1S/C30H28ClFN6O/c1-2-3-15-33-30-34-16-14-25(36-30)29-28(19-8-10-20(32)11-9-19)37-26-13-12-21(38(26)29)18-39-27-17-23(31)22-6-4-5-7-24(22)35-27/h4-11,14,16-17,21H,2-3,12-13,15,18H2,1H3,(H,33,34,36)/t21-/m0/s1. The second-order valence-electron chi connectivity index (χ2n) is 9.61. The first-order chi connectivity index (χ1) is 19.1. The first-order valence-corrected chi connectivity index (χ1v) is 13.6. The molecule has 0 bridgehead atoms. The first kappa shape index (κ1) is 25.2. The number of fused-ring (bicyclic) bond motifs is 2. The van der Waals surface area contributed by atoms with Crippen molar-refractivity contribution in [2.24, 2.45) is 0 Å². The summed E-state index contributed by atoms with van der Waals surface area (Å²) in [6.45, 7) is 3.34. The van der Waals surface area contributed by atoms with Gasteiger partial charge >= 0.3 is 0 Å². The molecule has 1 aliphatic rings. The molecule has 1 N–H and O–H groups in total. The fourth-order valence-electron chi connectivity index (χ4n) is 5.00. The van der Waals surface area contributed by atoms with Crippen LogP contribution in [0.25, 0.3) is 33.5 Å². The van der Waals surface area contributed by atoms with Gasteiger partial charge in [0.05, 0.1) is 33.7 Å². The fraction of sp³-hybridized carbons (Fsp3) is 0.267. The van der Waals surface area contributed by atoms with Crippen LogP contribution < -0.4 is 10.1 Å². The summed E-state index contributed by atoms with van der Waals surface area (Å²) in [5.41, 5.74) is 4.00. The number of imidazole rings is 1. The molecule has 3 aromatic heterocycles. The van der Waals surface area contributed by atoms with Crippen LogP contribution in [0.2, 0.25) is 5.02 Å². The predicted molar refractivity (Wildman–Crippen MR) is 152 cm³/mol. The number of halogens is 2. The van der Waals surface area contributed by atoms with E-state index in [9.17, 15) is 4.39 Å². The van der Waals surface area contributed by atoms with Gasteiger partial charge in [-0.25, -0.2) is 24.3 Å². The van der Waals surface area contributed by atoms with Gasteiger partial charge in [0, 0.05) is 36.2 Å². The van der Waals surface area contributed by atoms with Gasteiger partial charge in [-0.05, 0) is 49.2 Å². The van der Waals surface area contributed by atoms with Gasteiger partial charge in [-0.3, -0.25) is 0 Å². The predicted octanol–water partition coefficient (Wildman–Crippen LogP) is 7.13. The molecular weight excluding hydrogens is 515 g/mol. The maximum absolute atomic E-state index is 13.8. The maximum atomic E-state index is 13.8. The van der Waals surface area contributed by atoms with Crippen molar-refractivity contribution in [3.05, 3.63) is 83.5 Å². The van der Waals surface area contributed by atoms with E-state index in [0.717, 1.165) is 71.6 Å². The van der Waals surface area contributed by atoms with Crippen LogP contribution >= 0.6 is 11.6 Å². The van der Waals surface area contributed by atoms with Crippen molar-refractivity contribution in [3.8, 4) is 28.5 Å². The number of rotatable bonds is 9. The number of ether oxygens (including phenoxy) is 1. The third-order valence-corrected chi connectivity index (χ3v) is 7.26. The highest BCUT2D eigenvalue weighted by molar-refractivity contribution is 6.35. The summed E-state index contributed by atoms with van der Waals surface area (Å²) in [4.78, 5) is 18.9. The lowest BCUT2D eigenvalue weighted by molar-refractivity contribution is 0.248. The normalized spacial score (nSPS) is 14.5. The lowest BCUT2D eigenvalue weighted by Gasteiger charge is -2.18. The molecule has 0 amide bonds. The Kier molecular flexibility index (Phi) is 7.11. The molecule has 1 atom stereocenters. The lowest BCUT2D eigenvalue weighted by atomic mass is 10.1. The molecule has 0 spiro atoms. The second kappa shape index (κ2) is 11.0. The van der Waals surface area contributed by atoms with Gasteiger partial charge in [0.15, 0.2) is 0 Å². The van der Waals surface area contributed by atoms with Gasteiger partial charge in [-0.2, -0.15) is 0 Å². The van der Waals surface area contributed by atoms with Crippen LogP contribution in [-0.2, 0) is 6.42 Å². The molecule has 1 aliphatic heterocycles. The largest absolute Gasteiger partial charge is 0.475 e. The van der Waals surface area contributed by atoms with Crippen LogP contribution in [0.5, 0.6) is 5.88 Å². The smallest absolute Gasteiger partial charge is 0.223 e. The molecule has 9 heteroatoms. The molecule has 0 saturated carbocycles. The summed E-state index contributed by atoms with van der Waals surface area (Å²) in [7, 11) is 0. The Morgan fingerprint density at radius 2 is 1.92 bits per heavy atom. The molecule has 0 aliphatic carbocycles. The van der Waals surface area contributed by atoms with E-state index in [4.69, 9.17) is 26.3 Å². The zero-order chi connectivity index (χ0) is 26.8. The molecule has 6 rings (SSSR count). The third kappa shape index (κ3) is 5.16. The van der Waals surface area contributed by atoms with E-state index in [2.05, 4.69) is 26.8 Å². The zero-order valence-corrected chi connectivity index (χ0v) is 22.3. The van der Waals surface area contributed by atoms with Crippen LogP contribution in [0.15, 0.2) is 66.9 Å². The first-order valence-electron chi connectivity index (χ1n) is 13.2. The van der Waals surface area contributed by atoms with E-state index >= 15 is 0 Å². The van der Waals surface area contributed by atoms with Gasteiger partial charge in [-0.15, -0.1) is 0 Å². The maximum Gasteiger partial charge on any atom is 0.223 e. The molecule has 39 heavy (non-hydrogen) atoms. The van der Waals surface area contributed by atoms with Crippen molar-refractivity contribution in [1.29, 1.82) is 0 Å². The minimum atomic E-state index is -0.288. The Balaban J connectivity index is 1.36. The fourth-order valence-corrected chi connectivity index (χ4v) is 5.26. The Labute approximate surface area is 231 Å². The number of nitrogens with zero attached hydrogens (tertiary/aromatic N) is 5. The van der Waals surface area contributed by atoms with Crippen molar-refractivity contribution < 1.29 is 9.13 Å². The topological polar surface area (TPSA) is 77.8 Å². The third-order valence-electron chi connectivity index (χ3n) is 6.95. The number of para-hydroxylation sites is 1. The van der Waals surface area contributed by atoms with E-state index in [-0.39, 0.29) is 11.9 Å². The number of anilines is 1. The van der Waals surface area contributed by atoms with Crippen molar-refractivity contribution in [2.45, 2.75) is 38.6 Å². The summed E-state index contributed by atoms with van der Waals surface area (Å²) in [6.07, 6.45) is 5.53. The summed E-state index contributed by atoms with van der Waals surface area (Å²) in [6, 6.07) is 17.8. The molecule has 0 unspecified atom stereocenters. The van der Waals surface area contributed by atoms with Crippen molar-refractivity contribution in [2.75, 3.05) is 18.5 Å². The number of pyridine rings is 1. The minimum Gasteiger partial charge on any atom is -0.475 e. The Morgan fingerprint density at radius 1 is 1.08 bits per heavy atom. The van der Waals surface area contributed by atoms with Gasteiger partial charge in [0.2, 0.25) is 11.8 Å². The van der Waals surface area contributed by atoms with Gasteiger partial charge in [-0.1, -0.05) is 43.1 Å². The number of aryl methyl sites for hydroxylation is 1. The monoisotopic (exact) mass is 542 g/mol. The molecule has 7 nitrogen and oxygen atoms in total. The highest BCUT2D eigenvalue weighted by Crippen LogP contribution is 2.39. The quantitative estimate of drug-likeness (QED) is 0.200. The molecule has 4 heterocycles. The van der Waals surface area contributed by atoms with Crippen LogP contribution in [0.4, 0.5) is 10.3 Å². The second-order valence-corrected chi connectivity index (χ2v) is 10.0. The highest BCUT2D eigenvalue weighted by atomic mass is 35.5. The van der Waals surface area contributed by atoms with E-state index in [1.807, 2.05) is 30.3 Å². The molecule has 2 aromatic carbocycles. The number of hydrogen-bond donors (Lipinski definition) is 1. The summed E-state index contributed by atoms with van der Waals surface area (Å²) < 4.78 is 22.2. The number of aromatic nitrogens is 5. The molecule has 5 aromatic rings. The van der Waals surface area contributed by atoms with Crippen LogP contribution in [0.1, 0.15) is 38.1 Å². The van der Waals surface area contributed by atoms with Gasteiger partial charge in [0.25, 0.3) is 0 Å². The van der Waals surface area contributed by atoms with Crippen molar-refractivity contribution in [3.63, 3.8) is 0 Å². The summed E-state index contributed by atoms with van der Waals surface area (Å²) in [5.74, 6) is 1.71. The zero-order valence-electron chi connectivity index (χ0n) is 21.6. The molecule has 0 saturated heterocycles. The van der Waals surface area contributed by atoms with Crippen molar-refractivity contribution >= 4 is 28.5 Å². The molecule has 0 radical (unpaired) electrons. The average molecular weight is 543 g/mol. The van der Waals surface area contributed by atoms with E-state index in [0.29, 0.717) is 23.5 Å². The van der Waals surface area contributed by atoms with Gasteiger partial charge < -0.3 is 14.6 Å². The summed E-state index contributed by atoms with van der Waals surface area (Å²) in [5, 5.41) is 4.81. The Bertz CT molecular complexity index is 1620. The summed E-state index contributed by atoms with van der Waals surface area (Å²) >= 11 is 6.50. The van der Waals surface area contributed by atoms with Gasteiger partial charge in [0.1, 0.15) is 18.2 Å². The molecule has 0 fully saturated rings. The van der Waals surface area contributed by atoms with Crippen molar-refractivity contribution in [1.82, 2.24) is 24.5 Å². The van der Waals surface area contributed by atoms with Crippen LogP contribution in [0.3, 0.4) is 0 Å².